The van der Waals surface area contributed by atoms with E-state index in [0.29, 0.717) is 24.0 Å². The summed E-state index contributed by atoms with van der Waals surface area (Å²) in [7, 11) is -3.96. The molecule has 0 atom stereocenters. The van der Waals surface area contributed by atoms with E-state index in [9.17, 15) is 17.6 Å². The number of nitrogens with zero attached hydrogens (tertiary/aromatic N) is 4. The van der Waals surface area contributed by atoms with Crippen molar-refractivity contribution in [3.05, 3.63) is 84.9 Å². The number of carbonyl (C=O) groups excluding carboxylic acids is 1. The van der Waals surface area contributed by atoms with Crippen LogP contribution in [-0.2, 0) is 14.8 Å². The summed E-state index contributed by atoms with van der Waals surface area (Å²) in [6.45, 7) is 6.70. The molecule has 2 aromatic heterocycles. The lowest BCUT2D eigenvalue weighted by Gasteiger charge is -2.33. The first-order valence-electron chi connectivity index (χ1n) is 13.6. The van der Waals surface area contributed by atoms with Gasteiger partial charge in [0.1, 0.15) is 11.4 Å². The molecule has 3 heterocycles. The van der Waals surface area contributed by atoms with Crippen molar-refractivity contribution in [1.82, 2.24) is 18.7 Å². The fraction of sp³-hybridized carbons (Fsp3) is 0.290. The van der Waals surface area contributed by atoms with Gasteiger partial charge in [-0.25, -0.2) is 21.6 Å². The van der Waals surface area contributed by atoms with Crippen molar-refractivity contribution in [2.45, 2.75) is 50.2 Å². The van der Waals surface area contributed by atoms with Gasteiger partial charge in [-0.3, -0.25) is 4.68 Å². The quantitative estimate of drug-likeness (QED) is 0.241. The summed E-state index contributed by atoms with van der Waals surface area (Å²) in [5.41, 5.74) is 2.11. The first-order valence-corrected chi connectivity index (χ1v) is 15.0. The Balaban J connectivity index is 1.36. The number of amides is 1. The molecule has 5 aromatic rings. The molecule has 0 bridgehead atoms. The third-order valence-electron chi connectivity index (χ3n) is 7.41. The summed E-state index contributed by atoms with van der Waals surface area (Å²) < 4.78 is 50.2. The number of rotatable bonds is 4. The Hall–Kier alpha value is -4.18. The zero-order chi connectivity index (χ0) is 28.9. The number of carbonyl (C=O) groups is 1. The smallest absolute Gasteiger partial charge is 0.410 e. The lowest BCUT2D eigenvalue weighted by molar-refractivity contribution is 0.0186. The molecule has 8 nitrogen and oxygen atoms in total. The minimum Gasteiger partial charge on any atom is -0.444 e. The predicted octanol–water partition coefficient (Wildman–Crippen LogP) is 6.61. The van der Waals surface area contributed by atoms with Crippen LogP contribution in [0.3, 0.4) is 0 Å². The highest BCUT2D eigenvalue weighted by atomic mass is 32.2. The third kappa shape index (κ3) is 5.08. The lowest BCUT2D eigenvalue weighted by Crippen LogP contribution is -2.42. The first-order chi connectivity index (χ1) is 19.5. The summed E-state index contributed by atoms with van der Waals surface area (Å²) in [6, 6.07) is 18.3. The van der Waals surface area contributed by atoms with E-state index < -0.39 is 21.4 Å². The number of ether oxygens (including phenoxy) is 1. The molecule has 212 valence electrons. The van der Waals surface area contributed by atoms with Crippen LogP contribution in [0.2, 0.25) is 0 Å². The van der Waals surface area contributed by atoms with Crippen LogP contribution in [-0.4, -0.2) is 51.9 Å². The highest BCUT2D eigenvalue weighted by Crippen LogP contribution is 2.36. The molecule has 6 rings (SSSR count). The molecule has 0 spiro atoms. The van der Waals surface area contributed by atoms with Gasteiger partial charge in [0, 0.05) is 35.6 Å². The predicted molar refractivity (Wildman–Crippen MR) is 156 cm³/mol. The van der Waals surface area contributed by atoms with Crippen LogP contribution >= 0.6 is 0 Å². The Bertz CT molecular complexity index is 1870. The topological polar surface area (TPSA) is 86.4 Å². The molecular formula is C31H31FN4O4S. The van der Waals surface area contributed by atoms with Gasteiger partial charge in [0.25, 0.3) is 10.0 Å². The molecule has 41 heavy (non-hydrogen) atoms. The number of benzene rings is 3. The fourth-order valence-corrected chi connectivity index (χ4v) is 6.80. The third-order valence-corrected chi connectivity index (χ3v) is 9.09. The van der Waals surface area contributed by atoms with Crippen LogP contribution in [0, 0.1) is 5.82 Å². The number of piperidine rings is 1. The number of hydrogen-bond donors (Lipinski definition) is 0. The Morgan fingerprint density at radius 1 is 0.976 bits per heavy atom. The normalized spacial score (nSPS) is 15.1. The molecule has 3 aromatic carbocycles. The van der Waals surface area contributed by atoms with Gasteiger partial charge >= 0.3 is 6.09 Å². The van der Waals surface area contributed by atoms with Crippen LogP contribution < -0.4 is 0 Å². The maximum atomic E-state index is 14.4. The summed E-state index contributed by atoms with van der Waals surface area (Å²) in [6.07, 6.45) is 4.54. The van der Waals surface area contributed by atoms with Crippen molar-refractivity contribution >= 4 is 37.9 Å². The molecule has 1 amide bonds. The van der Waals surface area contributed by atoms with Gasteiger partial charge in [-0.05, 0) is 75.6 Å². The van der Waals surface area contributed by atoms with Gasteiger partial charge in [0.15, 0.2) is 0 Å². The zero-order valence-corrected chi connectivity index (χ0v) is 23.9. The van der Waals surface area contributed by atoms with Crippen molar-refractivity contribution < 1.29 is 22.3 Å². The largest absolute Gasteiger partial charge is 0.444 e. The Morgan fingerprint density at radius 2 is 1.71 bits per heavy atom. The maximum Gasteiger partial charge on any atom is 0.410 e. The zero-order valence-electron chi connectivity index (χ0n) is 23.1. The average molecular weight is 575 g/mol. The lowest BCUT2D eigenvalue weighted by atomic mass is 10.0. The van der Waals surface area contributed by atoms with E-state index in [1.807, 2.05) is 49.8 Å². The minimum atomic E-state index is -3.96. The van der Waals surface area contributed by atoms with Crippen LogP contribution in [0.5, 0.6) is 0 Å². The van der Waals surface area contributed by atoms with Gasteiger partial charge in [0.2, 0.25) is 0 Å². The molecule has 10 heteroatoms. The van der Waals surface area contributed by atoms with Gasteiger partial charge in [-0.2, -0.15) is 5.10 Å². The molecule has 1 saturated heterocycles. The Kier molecular flexibility index (Phi) is 6.60. The molecule has 0 unspecified atom stereocenters. The van der Waals surface area contributed by atoms with E-state index in [-0.39, 0.29) is 22.5 Å². The molecule has 1 fully saturated rings. The first kappa shape index (κ1) is 27.0. The number of hydrogen-bond acceptors (Lipinski definition) is 5. The van der Waals surface area contributed by atoms with Gasteiger partial charge in [-0.1, -0.05) is 30.3 Å². The molecule has 0 saturated carbocycles. The van der Waals surface area contributed by atoms with Crippen molar-refractivity contribution in [2.75, 3.05) is 13.1 Å². The summed E-state index contributed by atoms with van der Waals surface area (Å²) >= 11 is 0. The monoisotopic (exact) mass is 574 g/mol. The second-order valence-corrected chi connectivity index (χ2v) is 13.2. The Labute approximate surface area is 238 Å². The SMILES string of the molecule is CC(C)(C)OC(=O)N1CCC(n2ncc3ccc(-c4cn(S(=O)(=O)c5ccccc5)c5cc(F)ccc45)cc32)CC1. The van der Waals surface area contributed by atoms with E-state index in [2.05, 4.69) is 5.10 Å². The molecule has 0 aliphatic carbocycles. The van der Waals surface area contributed by atoms with Crippen LogP contribution in [0.15, 0.2) is 84.0 Å². The van der Waals surface area contributed by atoms with E-state index in [0.717, 1.165) is 33.3 Å². The number of fused-ring (bicyclic) bond motifs is 2. The molecule has 0 N–H and O–H groups in total. The maximum absolute atomic E-state index is 14.4. The highest BCUT2D eigenvalue weighted by Gasteiger charge is 2.29. The van der Waals surface area contributed by atoms with Crippen molar-refractivity contribution in [1.29, 1.82) is 0 Å². The van der Waals surface area contributed by atoms with Crippen LogP contribution in [0.1, 0.15) is 39.7 Å². The van der Waals surface area contributed by atoms with Gasteiger partial charge in [0.05, 0.1) is 28.2 Å². The molecule has 1 aliphatic heterocycles. The minimum absolute atomic E-state index is 0.0929. The average Bonchev–Trinajstić information content (AvgIpc) is 3.54. The van der Waals surface area contributed by atoms with E-state index in [4.69, 9.17) is 4.74 Å². The molecular weight excluding hydrogens is 543 g/mol. The molecule has 0 radical (unpaired) electrons. The Morgan fingerprint density at radius 3 is 2.41 bits per heavy atom. The number of likely N-dealkylation sites (tertiary alicyclic amines) is 1. The summed E-state index contributed by atoms with van der Waals surface area (Å²) in [4.78, 5) is 14.4. The number of halogens is 1. The van der Waals surface area contributed by atoms with Crippen LogP contribution in [0.25, 0.3) is 32.9 Å². The second kappa shape index (κ2) is 10.0. The van der Waals surface area contributed by atoms with Crippen LogP contribution in [0.4, 0.5) is 9.18 Å². The second-order valence-electron chi connectivity index (χ2n) is 11.4. The van der Waals surface area contributed by atoms with Crippen molar-refractivity contribution in [3.63, 3.8) is 0 Å². The fourth-order valence-electron chi connectivity index (χ4n) is 5.42. The number of aromatic nitrogens is 3. The van der Waals surface area contributed by atoms with Crippen molar-refractivity contribution in [3.8, 4) is 11.1 Å². The van der Waals surface area contributed by atoms with Gasteiger partial charge in [-0.15, -0.1) is 0 Å². The highest BCUT2D eigenvalue weighted by molar-refractivity contribution is 7.90. The van der Waals surface area contributed by atoms with E-state index in [1.54, 1.807) is 35.4 Å². The molecule has 1 aliphatic rings. The standard InChI is InChI=1S/C31H31FN4O4S/c1-31(2,3)40-30(37)34-15-13-24(14-16-34)36-28-17-21(9-10-22(28)19-33-36)27-20-35(29-18-23(32)11-12-26(27)29)41(38,39)25-7-5-4-6-8-25/h4-12,17-20,24H,13-16H2,1-3H3. The van der Waals surface area contributed by atoms with Crippen molar-refractivity contribution in [2.24, 2.45) is 0 Å². The van der Waals surface area contributed by atoms with E-state index in [1.165, 1.54) is 24.3 Å². The van der Waals surface area contributed by atoms with E-state index >= 15 is 0 Å². The summed E-state index contributed by atoms with van der Waals surface area (Å²) in [5.74, 6) is -0.516. The van der Waals surface area contributed by atoms with Gasteiger partial charge < -0.3 is 9.64 Å². The summed E-state index contributed by atoms with van der Waals surface area (Å²) in [5, 5.41) is 6.25.